The first-order valence-corrected chi connectivity index (χ1v) is 6.03. The molecule has 2 fully saturated rings. The van der Waals surface area contributed by atoms with E-state index in [9.17, 15) is 9.18 Å². The Bertz CT molecular complexity index is 510. The number of likely N-dealkylation sites (tertiary alicyclic amines) is 1. The smallest absolute Gasteiger partial charge is 0.407 e. The van der Waals surface area contributed by atoms with Gasteiger partial charge in [-0.15, -0.1) is 0 Å². The van der Waals surface area contributed by atoms with E-state index in [0.717, 1.165) is 0 Å². The van der Waals surface area contributed by atoms with Gasteiger partial charge in [-0.3, -0.25) is 4.90 Å². The second-order valence-electron chi connectivity index (χ2n) is 4.56. The number of epoxide rings is 1. The predicted octanol–water partition coefficient (Wildman–Crippen LogP) is 2.15. The summed E-state index contributed by atoms with van der Waals surface area (Å²) in [4.78, 5) is 12.4. The molecule has 2 aliphatic rings. The fraction of sp³-hybridized carbons (Fsp3) is 0.417. The van der Waals surface area contributed by atoms with Crippen LogP contribution in [0.3, 0.4) is 0 Å². The van der Waals surface area contributed by atoms with E-state index in [0.29, 0.717) is 18.5 Å². The molecule has 1 amide bonds. The van der Waals surface area contributed by atoms with Gasteiger partial charge in [0, 0.05) is 0 Å². The molecule has 6 heteroatoms. The van der Waals surface area contributed by atoms with Crippen molar-refractivity contribution in [2.75, 3.05) is 6.54 Å². The molecule has 1 aromatic rings. The second kappa shape index (κ2) is 4.10. The summed E-state index contributed by atoms with van der Waals surface area (Å²) < 4.78 is 19.1. The zero-order valence-corrected chi connectivity index (χ0v) is 10.1. The van der Waals surface area contributed by atoms with Crippen LogP contribution in [0, 0.1) is 5.82 Å². The summed E-state index contributed by atoms with van der Waals surface area (Å²) in [7, 11) is 0. The number of ether oxygens (including phenoxy) is 1. The van der Waals surface area contributed by atoms with Crippen molar-refractivity contribution in [3.05, 3.63) is 34.6 Å². The van der Waals surface area contributed by atoms with Crippen molar-refractivity contribution in [2.24, 2.45) is 0 Å². The minimum absolute atomic E-state index is 0.0201. The fourth-order valence-electron chi connectivity index (χ4n) is 2.53. The number of halogens is 2. The van der Waals surface area contributed by atoms with E-state index in [4.69, 9.17) is 21.4 Å². The molecule has 18 heavy (non-hydrogen) atoms. The van der Waals surface area contributed by atoms with E-state index >= 15 is 0 Å². The summed E-state index contributed by atoms with van der Waals surface area (Å²) in [5.74, 6) is -0.478. The van der Waals surface area contributed by atoms with Gasteiger partial charge in [-0.05, 0) is 18.1 Å². The first kappa shape index (κ1) is 11.7. The van der Waals surface area contributed by atoms with Crippen LogP contribution in [0.5, 0.6) is 0 Å². The first-order valence-electron chi connectivity index (χ1n) is 5.66. The van der Waals surface area contributed by atoms with Crippen LogP contribution in [0.25, 0.3) is 0 Å². The molecule has 1 aromatic carbocycles. The normalized spacial score (nSPS) is 29.2. The van der Waals surface area contributed by atoms with Crippen LogP contribution in [-0.4, -0.2) is 40.9 Å². The zero-order chi connectivity index (χ0) is 12.9. The Morgan fingerprint density at radius 2 is 2.39 bits per heavy atom. The van der Waals surface area contributed by atoms with Gasteiger partial charge >= 0.3 is 6.09 Å². The van der Waals surface area contributed by atoms with Gasteiger partial charge in [-0.2, -0.15) is 0 Å². The molecule has 0 saturated carbocycles. The van der Waals surface area contributed by atoms with Crippen molar-refractivity contribution in [1.82, 2.24) is 4.90 Å². The molecule has 4 nitrogen and oxygen atoms in total. The average molecular weight is 272 g/mol. The standard InChI is InChI=1S/C12H11ClFNO3/c13-7-3-1-2-6(10(7)14)4-8-11-9(18-11)5-15(8)12(16)17/h1-3,8-9,11H,4-5H2,(H,16,17)/t8-,9+,11-/m0/s1. The molecule has 2 heterocycles. The number of nitrogens with zero attached hydrogens (tertiary/aromatic N) is 1. The summed E-state index contributed by atoms with van der Waals surface area (Å²) in [6.45, 7) is 0.368. The van der Waals surface area contributed by atoms with E-state index in [-0.39, 0.29) is 23.3 Å². The SMILES string of the molecule is O=C(O)N1C[C@H]2O[C@H]2[C@@H]1Cc1cccc(Cl)c1F. The molecule has 3 atom stereocenters. The van der Waals surface area contributed by atoms with Gasteiger partial charge in [0.05, 0.1) is 17.6 Å². The Morgan fingerprint density at radius 1 is 1.61 bits per heavy atom. The Labute approximate surface area is 108 Å². The summed E-state index contributed by atoms with van der Waals surface area (Å²) in [6.07, 6.45) is -0.814. The number of fused-ring (bicyclic) bond motifs is 1. The molecule has 0 radical (unpaired) electrons. The maximum absolute atomic E-state index is 13.8. The Morgan fingerprint density at radius 3 is 3.11 bits per heavy atom. The van der Waals surface area contributed by atoms with Gasteiger partial charge in [-0.25, -0.2) is 9.18 Å². The highest BCUT2D eigenvalue weighted by atomic mass is 35.5. The quantitative estimate of drug-likeness (QED) is 0.839. The molecule has 0 spiro atoms. The van der Waals surface area contributed by atoms with Crippen LogP contribution in [0.15, 0.2) is 18.2 Å². The van der Waals surface area contributed by atoms with Gasteiger partial charge < -0.3 is 9.84 Å². The van der Waals surface area contributed by atoms with Gasteiger partial charge in [0.15, 0.2) is 0 Å². The number of carbonyl (C=O) groups is 1. The Balaban J connectivity index is 1.83. The Hall–Kier alpha value is -1.33. The van der Waals surface area contributed by atoms with Gasteiger partial charge in [0.1, 0.15) is 18.0 Å². The maximum Gasteiger partial charge on any atom is 0.407 e. The number of amides is 1. The van der Waals surface area contributed by atoms with Crippen LogP contribution < -0.4 is 0 Å². The highest BCUT2D eigenvalue weighted by Crippen LogP contribution is 2.38. The van der Waals surface area contributed by atoms with Crippen molar-refractivity contribution in [1.29, 1.82) is 0 Å². The molecular formula is C12H11ClFNO3. The van der Waals surface area contributed by atoms with Crippen molar-refractivity contribution in [3.8, 4) is 0 Å². The molecule has 1 N–H and O–H groups in total. The number of benzene rings is 1. The minimum Gasteiger partial charge on any atom is -0.465 e. The van der Waals surface area contributed by atoms with Crippen molar-refractivity contribution in [2.45, 2.75) is 24.7 Å². The van der Waals surface area contributed by atoms with Crippen LogP contribution in [0.4, 0.5) is 9.18 Å². The molecular weight excluding hydrogens is 261 g/mol. The van der Waals surface area contributed by atoms with Crippen LogP contribution in [0.1, 0.15) is 5.56 Å². The molecule has 96 valence electrons. The van der Waals surface area contributed by atoms with E-state index in [2.05, 4.69) is 0 Å². The molecule has 2 aliphatic heterocycles. The first-order chi connectivity index (χ1) is 8.58. The van der Waals surface area contributed by atoms with E-state index in [1.54, 1.807) is 12.1 Å². The highest BCUT2D eigenvalue weighted by Gasteiger charge is 2.56. The molecule has 0 unspecified atom stereocenters. The number of hydrogen-bond donors (Lipinski definition) is 1. The van der Waals surface area contributed by atoms with Gasteiger partial charge in [-0.1, -0.05) is 23.7 Å². The lowest BCUT2D eigenvalue weighted by molar-refractivity contribution is 0.106. The lowest BCUT2D eigenvalue weighted by Gasteiger charge is -2.24. The minimum atomic E-state index is -0.988. The molecule has 0 bridgehead atoms. The van der Waals surface area contributed by atoms with Crippen molar-refractivity contribution in [3.63, 3.8) is 0 Å². The molecule has 0 aromatic heterocycles. The van der Waals surface area contributed by atoms with E-state index in [1.165, 1.54) is 11.0 Å². The van der Waals surface area contributed by atoms with Crippen LogP contribution in [0.2, 0.25) is 5.02 Å². The average Bonchev–Trinajstić information content (AvgIpc) is 3.01. The van der Waals surface area contributed by atoms with E-state index < -0.39 is 11.9 Å². The predicted molar refractivity (Wildman–Crippen MR) is 62.3 cm³/mol. The topological polar surface area (TPSA) is 53.1 Å². The van der Waals surface area contributed by atoms with Crippen LogP contribution >= 0.6 is 11.6 Å². The number of rotatable bonds is 2. The molecule has 2 saturated heterocycles. The van der Waals surface area contributed by atoms with Crippen LogP contribution in [-0.2, 0) is 11.2 Å². The third-order valence-corrected chi connectivity index (χ3v) is 3.78. The van der Waals surface area contributed by atoms with Gasteiger partial charge in [0.25, 0.3) is 0 Å². The summed E-state index contributed by atoms with van der Waals surface area (Å²) in [6, 6.07) is 4.43. The third-order valence-electron chi connectivity index (χ3n) is 3.48. The molecule has 0 aliphatic carbocycles. The summed E-state index contributed by atoms with van der Waals surface area (Å²) in [5.41, 5.74) is 0.426. The fourth-order valence-corrected chi connectivity index (χ4v) is 2.72. The largest absolute Gasteiger partial charge is 0.465 e. The number of morpholine rings is 1. The lowest BCUT2D eigenvalue weighted by Crippen LogP contribution is -2.40. The summed E-state index contributed by atoms with van der Waals surface area (Å²) in [5, 5.41) is 9.13. The van der Waals surface area contributed by atoms with Gasteiger partial charge in [0.2, 0.25) is 0 Å². The number of carboxylic acid groups (broad SMARTS) is 1. The highest BCUT2D eigenvalue weighted by molar-refractivity contribution is 6.30. The maximum atomic E-state index is 13.8. The van der Waals surface area contributed by atoms with Crippen molar-refractivity contribution >= 4 is 17.7 Å². The number of hydrogen-bond acceptors (Lipinski definition) is 2. The third kappa shape index (κ3) is 1.83. The monoisotopic (exact) mass is 271 g/mol. The van der Waals surface area contributed by atoms with Crippen molar-refractivity contribution < 1.29 is 19.0 Å². The Kier molecular flexibility index (Phi) is 2.68. The molecule has 3 rings (SSSR count). The zero-order valence-electron chi connectivity index (χ0n) is 9.35. The summed E-state index contributed by atoms with van der Waals surface area (Å²) >= 11 is 5.71. The lowest BCUT2D eigenvalue weighted by atomic mass is 10.0. The second-order valence-corrected chi connectivity index (χ2v) is 4.97. The van der Waals surface area contributed by atoms with E-state index in [1.807, 2.05) is 0 Å².